The molecule has 6 saturated heterocycles. The number of benzene rings is 2. The number of fused-ring (bicyclic) bond motifs is 6. The topological polar surface area (TPSA) is 177 Å². The molecule has 2 bridgehead atoms. The zero-order valence-electron chi connectivity index (χ0n) is 37.6. The van der Waals surface area contributed by atoms with E-state index in [1.807, 2.05) is 11.9 Å². The number of nitrogens with one attached hydrogen (secondary N) is 6. The van der Waals surface area contributed by atoms with Crippen LogP contribution in [-0.4, -0.2) is 138 Å². The van der Waals surface area contributed by atoms with Gasteiger partial charge in [-0.2, -0.15) is 5.01 Å². The van der Waals surface area contributed by atoms with Gasteiger partial charge in [0, 0.05) is 81.3 Å². The SMILES string of the molecule is C[C@@]1(O)CC/C=C\CN2C(=O)C3CNC(Nc4ccc(N5CCN(C6CCC7(CCN(c8cc(C(=O)NC9CCC(=O)NC9=O)ccc8F)CC7)C6)CC5)cc4)NC3N2C2CCCC1N2. The van der Waals surface area contributed by atoms with Crippen molar-refractivity contribution in [2.24, 2.45) is 11.3 Å². The van der Waals surface area contributed by atoms with Gasteiger partial charge in [-0.3, -0.25) is 50.4 Å². The summed E-state index contributed by atoms with van der Waals surface area (Å²) in [7, 11) is 0. The van der Waals surface area contributed by atoms with Crippen molar-refractivity contribution in [1.82, 2.24) is 41.5 Å². The van der Waals surface area contributed by atoms with E-state index in [0.29, 0.717) is 36.8 Å². The molecule has 0 radical (unpaired) electrons. The Morgan fingerprint density at radius 1 is 0.877 bits per heavy atom. The number of piperazine rings is 1. The second-order valence-corrected chi connectivity index (χ2v) is 20.1. The molecule has 7 aliphatic heterocycles. The molecule has 8 atom stereocenters. The van der Waals surface area contributed by atoms with Crippen LogP contribution in [0.25, 0.3) is 0 Å². The monoisotopic (exact) mass is 896 g/mol. The van der Waals surface area contributed by atoms with E-state index in [1.54, 1.807) is 6.07 Å². The second-order valence-electron chi connectivity index (χ2n) is 20.1. The average Bonchev–Trinajstić information content (AvgIpc) is 3.84. The number of carbonyl (C=O) groups is 4. The number of allylic oxidation sites excluding steroid dienone is 1. The molecular formula is C48H66FN11O5. The zero-order valence-corrected chi connectivity index (χ0v) is 37.6. The first-order valence-corrected chi connectivity index (χ1v) is 24.2. The number of halogens is 1. The standard InChI is InChI=1S/C48H66FN11O5/c1-47(65)17-3-2-4-21-59-45(64)35-30-50-46(55-42(35)60(59)40-7-5-6-39(47)53-40)51-32-9-11-33(12-10-32)56-24-26-57(27-25-56)34-16-18-48(29-34)19-22-58(23-20-48)38-28-31(8-13-36(38)49)43(62)52-37-14-15-41(61)54-44(37)63/h2,4,8-13,28,34-35,37,39-40,42,46,50-51,53,55,65H,3,5-7,14-27,29-30H2,1H3,(H,52,62)(H,54,61,63)/b4-2-/t34?,35?,37?,39?,40?,42?,46?,47-/m1/s1. The van der Waals surface area contributed by atoms with Gasteiger partial charge < -0.3 is 25.5 Å². The highest BCUT2D eigenvalue weighted by Gasteiger charge is 2.53. The van der Waals surface area contributed by atoms with Crippen molar-refractivity contribution >= 4 is 40.7 Å². The summed E-state index contributed by atoms with van der Waals surface area (Å²) in [6, 6.07) is 12.8. The normalized spacial score (nSPS) is 33.8. The van der Waals surface area contributed by atoms with Crippen LogP contribution >= 0.6 is 0 Å². The summed E-state index contributed by atoms with van der Waals surface area (Å²) in [6.45, 7) is 8.44. The molecule has 4 amide bonds. The van der Waals surface area contributed by atoms with Gasteiger partial charge in [-0.25, -0.2) is 4.39 Å². The summed E-state index contributed by atoms with van der Waals surface area (Å²) in [5.41, 5.74) is 2.35. The molecule has 1 spiro atoms. The van der Waals surface area contributed by atoms with Crippen LogP contribution in [0.2, 0.25) is 0 Å². The van der Waals surface area contributed by atoms with Crippen molar-refractivity contribution in [3.63, 3.8) is 0 Å². The predicted octanol–water partition coefficient (Wildman–Crippen LogP) is 2.78. The summed E-state index contributed by atoms with van der Waals surface area (Å²) in [4.78, 5) is 57.8. The van der Waals surface area contributed by atoms with Gasteiger partial charge in [-0.05, 0) is 125 Å². The largest absolute Gasteiger partial charge is 0.389 e. The van der Waals surface area contributed by atoms with Crippen molar-refractivity contribution in [1.29, 1.82) is 0 Å². The van der Waals surface area contributed by atoms with Gasteiger partial charge in [-0.15, -0.1) is 0 Å². The first-order chi connectivity index (χ1) is 31.4. The molecule has 1 saturated carbocycles. The first kappa shape index (κ1) is 44.2. The number of rotatable bonds is 7. The highest BCUT2D eigenvalue weighted by Crippen LogP contribution is 2.49. The molecule has 65 heavy (non-hydrogen) atoms. The number of imide groups is 1. The Labute approximate surface area is 381 Å². The quantitative estimate of drug-likeness (QED) is 0.160. The highest BCUT2D eigenvalue weighted by molar-refractivity contribution is 6.04. The van der Waals surface area contributed by atoms with E-state index in [9.17, 15) is 24.3 Å². The number of anilines is 3. The molecule has 17 heteroatoms. The molecule has 16 nitrogen and oxygen atoms in total. The van der Waals surface area contributed by atoms with E-state index in [4.69, 9.17) is 0 Å². The maximum Gasteiger partial charge on any atom is 0.252 e. The van der Waals surface area contributed by atoms with Crippen LogP contribution in [0.1, 0.15) is 94.3 Å². The number of amides is 4. The fourth-order valence-corrected chi connectivity index (χ4v) is 12.1. The molecular weight excluding hydrogens is 830 g/mol. The van der Waals surface area contributed by atoms with Gasteiger partial charge in [-0.1, -0.05) is 12.2 Å². The van der Waals surface area contributed by atoms with Crippen LogP contribution in [0, 0.1) is 17.2 Å². The minimum Gasteiger partial charge on any atom is -0.389 e. The average molecular weight is 896 g/mol. The third-order valence-electron chi connectivity index (χ3n) is 16.1. The third-order valence-corrected chi connectivity index (χ3v) is 16.1. The lowest BCUT2D eigenvalue weighted by Crippen LogP contribution is -2.69. The lowest BCUT2D eigenvalue weighted by atomic mass is 9.76. The predicted molar refractivity (Wildman–Crippen MR) is 245 cm³/mol. The van der Waals surface area contributed by atoms with Crippen molar-refractivity contribution in [2.75, 3.05) is 67.5 Å². The molecule has 7 N–H and O–H groups in total. The fraction of sp³-hybridized carbons (Fsp3) is 0.625. The molecule has 2 aromatic rings. The van der Waals surface area contributed by atoms with Crippen LogP contribution in [-0.2, 0) is 14.4 Å². The number of piperidine rings is 3. The van der Waals surface area contributed by atoms with E-state index in [-0.39, 0.29) is 66.5 Å². The van der Waals surface area contributed by atoms with Crippen molar-refractivity contribution in [3.8, 4) is 0 Å². The number of aliphatic hydroxyl groups is 1. The Balaban J connectivity index is 0.696. The molecule has 10 rings (SSSR count). The van der Waals surface area contributed by atoms with Crippen molar-refractivity contribution < 1.29 is 28.7 Å². The fourth-order valence-electron chi connectivity index (χ4n) is 12.1. The molecule has 1 aliphatic carbocycles. The van der Waals surface area contributed by atoms with Gasteiger partial charge in [0.2, 0.25) is 17.7 Å². The molecule has 8 aliphatic rings. The van der Waals surface area contributed by atoms with Crippen LogP contribution in [0.15, 0.2) is 54.6 Å². The highest BCUT2D eigenvalue weighted by atomic mass is 19.1. The maximum atomic E-state index is 15.2. The number of hydrazine groups is 1. The van der Waals surface area contributed by atoms with E-state index in [2.05, 4.69) is 88.0 Å². The number of carbonyl (C=O) groups excluding carboxylic acids is 4. The summed E-state index contributed by atoms with van der Waals surface area (Å²) >= 11 is 0. The lowest BCUT2D eigenvalue weighted by molar-refractivity contribution is -0.146. The molecule has 7 unspecified atom stereocenters. The van der Waals surface area contributed by atoms with Gasteiger partial charge in [0.15, 0.2) is 0 Å². The molecule has 2 aromatic carbocycles. The molecule has 350 valence electrons. The molecule has 7 fully saturated rings. The van der Waals surface area contributed by atoms with Crippen LogP contribution in [0.4, 0.5) is 21.5 Å². The Bertz CT molecular complexity index is 2140. The van der Waals surface area contributed by atoms with E-state index < -0.39 is 23.5 Å². The van der Waals surface area contributed by atoms with Crippen LogP contribution < -0.4 is 41.7 Å². The summed E-state index contributed by atoms with van der Waals surface area (Å²) in [5, 5.41) is 35.1. The van der Waals surface area contributed by atoms with Gasteiger partial charge in [0.1, 0.15) is 18.1 Å². The third kappa shape index (κ3) is 9.11. The Morgan fingerprint density at radius 3 is 2.46 bits per heavy atom. The van der Waals surface area contributed by atoms with Gasteiger partial charge >= 0.3 is 0 Å². The zero-order chi connectivity index (χ0) is 44.9. The van der Waals surface area contributed by atoms with E-state index in [0.717, 1.165) is 89.9 Å². The van der Waals surface area contributed by atoms with Crippen molar-refractivity contribution in [3.05, 3.63) is 66.0 Å². The van der Waals surface area contributed by atoms with Gasteiger partial charge in [0.25, 0.3) is 5.91 Å². The molecule has 7 heterocycles. The van der Waals surface area contributed by atoms with Crippen LogP contribution in [0.5, 0.6) is 0 Å². The van der Waals surface area contributed by atoms with E-state index in [1.165, 1.54) is 30.7 Å². The maximum absolute atomic E-state index is 15.2. The molecule has 0 aromatic heterocycles. The van der Waals surface area contributed by atoms with Crippen molar-refractivity contribution in [2.45, 2.75) is 126 Å². The Hall–Kier alpha value is -4.65. The first-order valence-electron chi connectivity index (χ1n) is 24.2. The second kappa shape index (κ2) is 18.2. The number of hydrogen-bond acceptors (Lipinski definition) is 13. The summed E-state index contributed by atoms with van der Waals surface area (Å²) < 4.78 is 15.2. The minimum absolute atomic E-state index is 0.0294. The Morgan fingerprint density at radius 2 is 1.68 bits per heavy atom. The Kier molecular flexibility index (Phi) is 12.4. The van der Waals surface area contributed by atoms with Crippen LogP contribution in [0.3, 0.4) is 0 Å². The summed E-state index contributed by atoms with van der Waals surface area (Å²) in [6.07, 6.45) is 13.9. The number of nitrogens with zero attached hydrogens (tertiary/aromatic N) is 5. The van der Waals surface area contributed by atoms with E-state index >= 15 is 4.39 Å². The summed E-state index contributed by atoms with van der Waals surface area (Å²) in [5.74, 6) is -1.75. The number of hydrogen-bond donors (Lipinski definition) is 7. The lowest BCUT2D eigenvalue weighted by Gasteiger charge is -2.47. The minimum atomic E-state index is -0.817. The smallest absolute Gasteiger partial charge is 0.252 e. The van der Waals surface area contributed by atoms with Gasteiger partial charge in [0.05, 0.1) is 36.1 Å².